The third-order valence-electron chi connectivity index (χ3n) is 3.06. The zero-order chi connectivity index (χ0) is 17.9. The number of hydrogen-bond acceptors (Lipinski definition) is 3. The van der Waals surface area contributed by atoms with Crippen LogP contribution in [0.2, 0.25) is 5.02 Å². The summed E-state index contributed by atoms with van der Waals surface area (Å²) in [5.41, 5.74) is -1.34. The average Bonchev–Trinajstić information content (AvgIpc) is 2.48. The maximum Gasteiger partial charge on any atom is 0.417 e. The number of carbonyl (C=O) groups excluding carboxylic acids is 1. The molecule has 2 N–H and O–H groups in total. The summed E-state index contributed by atoms with van der Waals surface area (Å²) in [5.74, 6) is -1.02. The van der Waals surface area contributed by atoms with Crippen molar-refractivity contribution in [2.45, 2.75) is 13.1 Å². The number of nitrogens with one attached hydrogen (secondary N) is 1. The zero-order valence-electron chi connectivity index (χ0n) is 12.4. The highest BCUT2D eigenvalue weighted by Gasteiger charge is 2.33. The molecule has 24 heavy (non-hydrogen) atoms. The van der Waals surface area contributed by atoms with E-state index < -0.39 is 22.7 Å². The molecule has 0 aliphatic carbocycles. The van der Waals surface area contributed by atoms with Crippen molar-refractivity contribution in [1.82, 2.24) is 0 Å². The van der Waals surface area contributed by atoms with Crippen LogP contribution in [0.15, 0.2) is 36.4 Å². The molecule has 0 spiro atoms. The van der Waals surface area contributed by atoms with Gasteiger partial charge >= 0.3 is 6.18 Å². The van der Waals surface area contributed by atoms with Crippen LogP contribution in [0.5, 0.6) is 11.5 Å². The van der Waals surface area contributed by atoms with E-state index in [4.69, 9.17) is 16.3 Å². The van der Waals surface area contributed by atoms with Crippen molar-refractivity contribution in [3.8, 4) is 11.5 Å². The van der Waals surface area contributed by atoms with Crippen molar-refractivity contribution in [2.24, 2.45) is 0 Å². The Morgan fingerprint density at radius 1 is 1.29 bits per heavy atom. The predicted molar refractivity (Wildman–Crippen MR) is 83.7 cm³/mol. The van der Waals surface area contributed by atoms with E-state index in [1.165, 1.54) is 24.3 Å². The van der Waals surface area contributed by atoms with Gasteiger partial charge in [0, 0.05) is 5.69 Å². The first-order valence-corrected chi connectivity index (χ1v) is 7.24. The highest BCUT2D eigenvalue weighted by atomic mass is 35.5. The quantitative estimate of drug-likeness (QED) is 0.830. The lowest BCUT2D eigenvalue weighted by molar-refractivity contribution is -0.137. The minimum Gasteiger partial charge on any atom is -0.507 e. The molecule has 1 amide bonds. The second kappa shape index (κ2) is 7.00. The smallest absolute Gasteiger partial charge is 0.417 e. The van der Waals surface area contributed by atoms with Crippen LogP contribution < -0.4 is 10.1 Å². The lowest BCUT2D eigenvalue weighted by Gasteiger charge is -2.14. The van der Waals surface area contributed by atoms with Crippen molar-refractivity contribution in [3.05, 3.63) is 52.5 Å². The van der Waals surface area contributed by atoms with Gasteiger partial charge in [-0.05, 0) is 37.3 Å². The van der Waals surface area contributed by atoms with Crippen LogP contribution in [-0.4, -0.2) is 17.6 Å². The molecule has 8 heteroatoms. The molecule has 0 aliphatic heterocycles. The molecule has 2 aromatic carbocycles. The minimum atomic E-state index is -4.65. The number of benzene rings is 2. The first-order valence-electron chi connectivity index (χ1n) is 6.87. The molecule has 2 rings (SSSR count). The fourth-order valence-corrected chi connectivity index (χ4v) is 2.26. The van der Waals surface area contributed by atoms with Gasteiger partial charge in [-0.15, -0.1) is 0 Å². The summed E-state index contributed by atoms with van der Waals surface area (Å²) in [5, 5.41) is 11.7. The average molecular weight is 360 g/mol. The van der Waals surface area contributed by atoms with Crippen LogP contribution in [-0.2, 0) is 6.18 Å². The van der Waals surface area contributed by atoms with Gasteiger partial charge in [-0.25, -0.2) is 0 Å². The van der Waals surface area contributed by atoms with E-state index in [1.807, 2.05) is 0 Å². The Labute approximate surface area is 140 Å². The number of anilines is 1. The molecule has 128 valence electrons. The number of hydrogen-bond donors (Lipinski definition) is 2. The molecule has 0 radical (unpaired) electrons. The van der Waals surface area contributed by atoms with Crippen LogP contribution in [0.3, 0.4) is 0 Å². The summed E-state index contributed by atoms with van der Waals surface area (Å²) in [4.78, 5) is 12.3. The Hall–Kier alpha value is -2.41. The number of alkyl halides is 3. The molecule has 0 unspecified atom stereocenters. The first-order chi connectivity index (χ1) is 11.2. The zero-order valence-corrected chi connectivity index (χ0v) is 13.2. The minimum absolute atomic E-state index is 0.109. The molecule has 2 aromatic rings. The van der Waals surface area contributed by atoms with Crippen molar-refractivity contribution >= 4 is 23.2 Å². The second-order valence-corrected chi connectivity index (χ2v) is 5.14. The molecule has 0 bridgehead atoms. The number of halogens is 4. The first kappa shape index (κ1) is 17.9. The van der Waals surface area contributed by atoms with E-state index in [-0.39, 0.29) is 29.4 Å². The molecule has 0 aromatic heterocycles. The maximum absolute atomic E-state index is 12.9. The van der Waals surface area contributed by atoms with E-state index >= 15 is 0 Å². The summed E-state index contributed by atoms with van der Waals surface area (Å²) >= 11 is 5.53. The van der Waals surface area contributed by atoms with Crippen molar-refractivity contribution < 1.29 is 27.8 Å². The third-order valence-corrected chi connectivity index (χ3v) is 3.39. The molecular formula is C16H13ClF3NO3. The number of ether oxygens (including phenoxy) is 1. The Balaban J connectivity index is 2.35. The van der Waals surface area contributed by atoms with Crippen LogP contribution in [0, 0.1) is 0 Å². The van der Waals surface area contributed by atoms with Gasteiger partial charge in [0.1, 0.15) is 17.1 Å². The number of aromatic hydroxyl groups is 1. The monoisotopic (exact) mass is 359 g/mol. The van der Waals surface area contributed by atoms with Gasteiger partial charge in [-0.1, -0.05) is 17.7 Å². The molecular weight excluding hydrogens is 347 g/mol. The van der Waals surface area contributed by atoms with Crippen molar-refractivity contribution in [3.63, 3.8) is 0 Å². The summed E-state index contributed by atoms with van der Waals surface area (Å²) in [6.45, 7) is 1.95. The highest BCUT2D eigenvalue weighted by Crippen LogP contribution is 2.36. The predicted octanol–water partition coefficient (Wildman–Crippen LogP) is 4.72. The van der Waals surface area contributed by atoms with Crippen LogP contribution in [0.25, 0.3) is 0 Å². The normalized spacial score (nSPS) is 11.2. The molecule has 0 atom stereocenters. The SMILES string of the molecule is CCOc1cccc(O)c1C(=O)Nc1ccc(Cl)c(C(F)(F)F)c1. The largest absolute Gasteiger partial charge is 0.507 e. The lowest BCUT2D eigenvalue weighted by atomic mass is 10.1. The van der Waals surface area contributed by atoms with Gasteiger partial charge in [-0.2, -0.15) is 13.2 Å². The highest BCUT2D eigenvalue weighted by molar-refractivity contribution is 6.31. The van der Waals surface area contributed by atoms with Gasteiger partial charge in [0.15, 0.2) is 0 Å². The Bertz CT molecular complexity index is 763. The van der Waals surface area contributed by atoms with E-state index in [0.717, 1.165) is 12.1 Å². The number of phenolic OH excluding ortho intramolecular Hbond substituents is 1. The molecule has 0 heterocycles. The standard InChI is InChI=1S/C16H13ClF3NO3/c1-2-24-13-5-3-4-12(22)14(13)15(23)21-9-6-7-11(17)10(8-9)16(18,19)20/h3-8,22H,2H2,1H3,(H,21,23). The second-order valence-electron chi connectivity index (χ2n) is 4.73. The maximum atomic E-state index is 12.9. The summed E-state index contributed by atoms with van der Waals surface area (Å²) in [7, 11) is 0. The van der Waals surface area contributed by atoms with Gasteiger partial charge in [-0.3, -0.25) is 4.79 Å². The molecule has 0 fully saturated rings. The van der Waals surface area contributed by atoms with Crippen LogP contribution >= 0.6 is 11.6 Å². The molecule has 0 saturated carbocycles. The summed E-state index contributed by atoms with van der Waals surface area (Å²) in [6.07, 6.45) is -4.65. The summed E-state index contributed by atoms with van der Waals surface area (Å²) in [6, 6.07) is 7.23. The van der Waals surface area contributed by atoms with E-state index in [2.05, 4.69) is 5.32 Å². The number of amides is 1. The number of rotatable bonds is 4. The van der Waals surface area contributed by atoms with Gasteiger partial charge in [0.25, 0.3) is 5.91 Å². The van der Waals surface area contributed by atoms with Gasteiger partial charge in [0.2, 0.25) is 0 Å². The van der Waals surface area contributed by atoms with Crippen molar-refractivity contribution in [1.29, 1.82) is 0 Å². The molecule has 0 saturated heterocycles. The van der Waals surface area contributed by atoms with Crippen LogP contribution in [0.4, 0.5) is 18.9 Å². The summed E-state index contributed by atoms with van der Waals surface area (Å²) < 4.78 is 43.8. The fraction of sp³-hybridized carbons (Fsp3) is 0.188. The Kier molecular flexibility index (Phi) is 5.23. The van der Waals surface area contributed by atoms with Gasteiger partial charge < -0.3 is 15.2 Å². The van der Waals surface area contributed by atoms with Gasteiger partial charge in [0.05, 0.1) is 17.2 Å². The lowest BCUT2D eigenvalue weighted by Crippen LogP contribution is -2.15. The van der Waals surface area contributed by atoms with E-state index in [0.29, 0.717) is 0 Å². The Morgan fingerprint density at radius 3 is 2.62 bits per heavy atom. The molecule has 0 aliphatic rings. The topological polar surface area (TPSA) is 58.6 Å². The molecule has 4 nitrogen and oxygen atoms in total. The van der Waals surface area contributed by atoms with Crippen molar-refractivity contribution in [2.75, 3.05) is 11.9 Å². The number of carbonyl (C=O) groups is 1. The number of phenols is 1. The van der Waals surface area contributed by atoms with E-state index in [1.54, 1.807) is 6.92 Å². The Morgan fingerprint density at radius 2 is 2.00 bits per heavy atom. The van der Waals surface area contributed by atoms with E-state index in [9.17, 15) is 23.1 Å². The fourth-order valence-electron chi connectivity index (χ4n) is 2.04. The third kappa shape index (κ3) is 3.91. The van der Waals surface area contributed by atoms with Crippen LogP contribution in [0.1, 0.15) is 22.8 Å².